The molecule has 4 nitrogen and oxygen atoms in total. The van der Waals surface area contributed by atoms with E-state index in [9.17, 15) is 4.79 Å². The maximum atomic E-state index is 11.9. The Labute approximate surface area is 164 Å². The number of Topliss-reactive ketones (excluding diaryl/α,β-unsaturated/α-hetero) is 1. The number of nitrogens with zero attached hydrogens (tertiary/aromatic N) is 1. The van der Waals surface area contributed by atoms with Gasteiger partial charge in [0.1, 0.15) is 16.5 Å². The third-order valence-electron chi connectivity index (χ3n) is 4.60. The second-order valence-corrected chi connectivity index (χ2v) is 8.21. The predicted molar refractivity (Wildman–Crippen MR) is 110 cm³/mol. The number of carbonyl (C=O) groups is 1. The molecule has 0 aliphatic rings. The monoisotopic (exact) mass is 383 g/mol. The molecule has 27 heavy (non-hydrogen) atoms. The van der Waals surface area contributed by atoms with Gasteiger partial charge in [-0.25, -0.2) is 4.98 Å². The van der Waals surface area contributed by atoms with Gasteiger partial charge in [-0.2, -0.15) is 0 Å². The molecular weight excluding hydrogens is 358 g/mol. The number of ketones is 1. The van der Waals surface area contributed by atoms with Crippen LogP contribution in [0.1, 0.15) is 32.8 Å². The number of fused-ring (bicyclic) bond motifs is 1. The largest absolute Gasteiger partial charge is 0.496 e. The molecular formula is C22H25NO3S. The number of ether oxygens (including phenoxy) is 2. The van der Waals surface area contributed by atoms with Crippen LogP contribution in [0.4, 0.5) is 0 Å². The molecule has 5 heteroatoms. The topological polar surface area (TPSA) is 48.4 Å². The van der Waals surface area contributed by atoms with E-state index in [0.717, 1.165) is 32.1 Å². The molecule has 0 bridgehead atoms. The Kier molecular flexibility index (Phi) is 5.92. The summed E-state index contributed by atoms with van der Waals surface area (Å²) in [4.78, 5) is 16.7. The summed E-state index contributed by atoms with van der Waals surface area (Å²) < 4.78 is 12.6. The summed E-state index contributed by atoms with van der Waals surface area (Å²) in [6.45, 7) is 6.58. The first-order valence-electron chi connectivity index (χ1n) is 9.08. The van der Waals surface area contributed by atoms with E-state index < -0.39 is 5.41 Å². The van der Waals surface area contributed by atoms with E-state index in [-0.39, 0.29) is 5.78 Å². The van der Waals surface area contributed by atoms with Crippen LogP contribution in [0.3, 0.4) is 0 Å². The van der Waals surface area contributed by atoms with E-state index in [1.807, 2.05) is 57.2 Å². The standard InChI is InChI=1S/C22H25NO3S/c1-5-20(24)22(2,3)14-26-13-15-10-11-16(18(12-15)25-4)21-23-17-8-6-7-9-19(17)27-21/h6-12H,5,13-14H2,1-4H3. The van der Waals surface area contributed by atoms with Gasteiger partial charge in [-0.3, -0.25) is 4.79 Å². The minimum absolute atomic E-state index is 0.214. The Morgan fingerprint density at radius 2 is 1.96 bits per heavy atom. The average Bonchev–Trinajstić information content (AvgIpc) is 3.10. The molecule has 0 fully saturated rings. The van der Waals surface area contributed by atoms with Gasteiger partial charge in [-0.05, 0) is 29.8 Å². The molecule has 1 heterocycles. The Balaban J connectivity index is 1.75. The minimum atomic E-state index is -0.459. The van der Waals surface area contributed by atoms with Gasteiger partial charge >= 0.3 is 0 Å². The smallest absolute Gasteiger partial charge is 0.140 e. The fourth-order valence-corrected chi connectivity index (χ4v) is 3.97. The number of carbonyl (C=O) groups excluding carboxylic acids is 1. The number of rotatable bonds is 8. The van der Waals surface area contributed by atoms with Gasteiger partial charge < -0.3 is 9.47 Å². The summed E-state index contributed by atoms with van der Waals surface area (Å²) >= 11 is 1.65. The highest BCUT2D eigenvalue weighted by molar-refractivity contribution is 7.21. The molecule has 0 saturated carbocycles. The maximum absolute atomic E-state index is 11.9. The zero-order chi connectivity index (χ0) is 19.4. The molecule has 3 aromatic rings. The second-order valence-electron chi connectivity index (χ2n) is 7.17. The SMILES string of the molecule is CCC(=O)C(C)(C)COCc1ccc(-c2nc3ccccc3s2)c(OC)c1. The van der Waals surface area contributed by atoms with Crippen molar-refractivity contribution in [2.45, 2.75) is 33.8 Å². The highest BCUT2D eigenvalue weighted by atomic mass is 32.1. The summed E-state index contributed by atoms with van der Waals surface area (Å²) in [5.41, 5.74) is 2.52. The third kappa shape index (κ3) is 4.37. The molecule has 0 unspecified atom stereocenters. The van der Waals surface area contributed by atoms with Crippen molar-refractivity contribution in [1.29, 1.82) is 0 Å². The van der Waals surface area contributed by atoms with Gasteiger partial charge in [-0.15, -0.1) is 11.3 Å². The van der Waals surface area contributed by atoms with E-state index in [2.05, 4.69) is 6.07 Å². The van der Waals surface area contributed by atoms with Gasteiger partial charge in [0.2, 0.25) is 0 Å². The van der Waals surface area contributed by atoms with Crippen molar-refractivity contribution in [2.75, 3.05) is 13.7 Å². The molecule has 1 aromatic heterocycles. The van der Waals surface area contributed by atoms with Crippen LogP contribution in [0.25, 0.3) is 20.8 Å². The number of hydrogen-bond donors (Lipinski definition) is 0. The molecule has 142 valence electrons. The number of hydrogen-bond acceptors (Lipinski definition) is 5. The number of para-hydroxylation sites is 1. The molecule has 0 aliphatic heterocycles. The summed E-state index contributed by atoms with van der Waals surface area (Å²) in [5.74, 6) is 0.991. The van der Waals surface area contributed by atoms with Gasteiger partial charge in [0.25, 0.3) is 0 Å². The molecule has 0 atom stereocenters. The Bertz CT molecular complexity index is 913. The van der Waals surface area contributed by atoms with Crippen molar-refractivity contribution in [3.63, 3.8) is 0 Å². The zero-order valence-corrected chi connectivity index (χ0v) is 17.1. The molecule has 2 aromatic carbocycles. The average molecular weight is 384 g/mol. The van der Waals surface area contributed by atoms with Crippen molar-refractivity contribution >= 4 is 27.3 Å². The molecule has 0 radical (unpaired) electrons. The van der Waals surface area contributed by atoms with Crippen molar-refractivity contribution in [2.24, 2.45) is 5.41 Å². The summed E-state index contributed by atoms with van der Waals surface area (Å²) in [6, 6.07) is 14.1. The first-order valence-corrected chi connectivity index (χ1v) is 9.90. The van der Waals surface area contributed by atoms with Crippen molar-refractivity contribution < 1.29 is 14.3 Å². The van der Waals surface area contributed by atoms with Crippen LogP contribution in [-0.4, -0.2) is 24.5 Å². The van der Waals surface area contributed by atoms with Gasteiger partial charge in [0.15, 0.2) is 0 Å². The van der Waals surface area contributed by atoms with Gasteiger partial charge in [-0.1, -0.05) is 39.0 Å². The van der Waals surface area contributed by atoms with E-state index >= 15 is 0 Å². The van der Waals surface area contributed by atoms with Crippen LogP contribution in [0.2, 0.25) is 0 Å². The molecule has 0 N–H and O–H groups in total. The van der Waals surface area contributed by atoms with Crippen LogP contribution < -0.4 is 4.74 Å². The Morgan fingerprint density at radius 3 is 2.67 bits per heavy atom. The highest BCUT2D eigenvalue weighted by Gasteiger charge is 2.26. The van der Waals surface area contributed by atoms with Crippen LogP contribution in [0, 0.1) is 5.41 Å². The second kappa shape index (κ2) is 8.19. The fourth-order valence-electron chi connectivity index (χ4n) is 2.97. The minimum Gasteiger partial charge on any atom is -0.496 e. The van der Waals surface area contributed by atoms with Crippen LogP contribution in [-0.2, 0) is 16.1 Å². The lowest BCUT2D eigenvalue weighted by Gasteiger charge is -2.22. The van der Waals surface area contributed by atoms with Crippen molar-refractivity contribution in [3.8, 4) is 16.3 Å². The Hall–Kier alpha value is -2.24. The van der Waals surface area contributed by atoms with E-state index in [4.69, 9.17) is 14.5 Å². The molecule has 0 aliphatic carbocycles. The number of thiazole rings is 1. The summed E-state index contributed by atoms with van der Waals surface area (Å²) in [6.07, 6.45) is 0.529. The molecule has 0 saturated heterocycles. The van der Waals surface area contributed by atoms with Crippen LogP contribution >= 0.6 is 11.3 Å². The molecule has 0 spiro atoms. The number of benzene rings is 2. The molecule has 0 amide bonds. The summed E-state index contributed by atoms with van der Waals surface area (Å²) in [7, 11) is 1.67. The first-order chi connectivity index (χ1) is 12.9. The van der Waals surface area contributed by atoms with Gasteiger partial charge in [0, 0.05) is 11.8 Å². The maximum Gasteiger partial charge on any atom is 0.140 e. The predicted octanol–water partition coefficient (Wildman–Crippen LogP) is 5.49. The number of methoxy groups -OCH3 is 1. The Morgan fingerprint density at radius 1 is 1.19 bits per heavy atom. The fraction of sp³-hybridized carbons (Fsp3) is 0.364. The number of aromatic nitrogens is 1. The zero-order valence-electron chi connectivity index (χ0n) is 16.2. The quantitative estimate of drug-likeness (QED) is 0.516. The normalized spacial score (nSPS) is 11.7. The van der Waals surface area contributed by atoms with E-state index in [1.54, 1.807) is 18.4 Å². The van der Waals surface area contributed by atoms with Crippen molar-refractivity contribution in [1.82, 2.24) is 4.98 Å². The highest BCUT2D eigenvalue weighted by Crippen LogP contribution is 2.36. The lowest BCUT2D eigenvalue weighted by atomic mass is 9.88. The van der Waals surface area contributed by atoms with Crippen molar-refractivity contribution in [3.05, 3.63) is 48.0 Å². The molecule has 3 rings (SSSR count). The lowest BCUT2D eigenvalue weighted by Crippen LogP contribution is -2.29. The van der Waals surface area contributed by atoms with Gasteiger partial charge in [0.05, 0.1) is 36.1 Å². The van der Waals surface area contributed by atoms with E-state index in [0.29, 0.717) is 19.6 Å². The van der Waals surface area contributed by atoms with E-state index in [1.165, 1.54) is 0 Å². The lowest BCUT2D eigenvalue weighted by molar-refractivity contribution is -0.130. The summed E-state index contributed by atoms with van der Waals surface area (Å²) in [5, 5.41) is 0.940. The van der Waals surface area contributed by atoms with Crippen LogP contribution in [0.5, 0.6) is 5.75 Å². The first kappa shape index (κ1) is 19.5. The van der Waals surface area contributed by atoms with Crippen LogP contribution in [0.15, 0.2) is 42.5 Å². The third-order valence-corrected chi connectivity index (χ3v) is 5.67.